The normalized spacial score (nSPS) is 13.3. The van der Waals surface area contributed by atoms with Crippen LogP contribution in [0.5, 0.6) is 0 Å². The van der Waals surface area contributed by atoms with Gasteiger partial charge < -0.3 is 5.32 Å². The monoisotopic (exact) mass is 400 g/mol. The van der Waals surface area contributed by atoms with Gasteiger partial charge in [0.25, 0.3) is 11.8 Å². The molecule has 4 heteroatoms. The first-order valence-electron chi connectivity index (χ1n) is 11.9. The van der Waals surface area contributed by atoms with Crippen LogP contribution in [0.25, 0.3) is 0 Å². The molecule has 162 valence electrons. The molecule has 0 unspecified atom stereocenters. The molecular formula is C25H40N2O2. The van der Waals surface area contributed by atoms with Crippen molar-refractivity contribution in [3.8, 4) is 0 Å². The number of hydrogen-bond donors (Lipinski definition) is 1. The van der Waals surface area contributed by atoms with Crippen LogP contribution in [0.3, 0.4) is 0 Å². The Balaban J connectivity index is 1.37. The minimum absolute atomic E-state index is 0.126. The number of imide groups is 1. The number of rotatable bonds is 17. The Morgan fingerprint density at radius 1 is 0.655 bits per heavy atom. The Labute approximate surface area is 177 Å². The number of hydrogen-bond acceptors (Lipinski definition) is 3. The molecule has 2 amide bonds. The molecule has 0 saturated heterocycles. The maximum Gasteiger partial charge on any atom is 0.261 e. The Kier molecular flexibility index (Phi) is 11.7. The van der Waals surface area contributed by atoms with Crippen molar-refractivity contribution < 1.29 is 9.59 Å². The van der Waals surface area contributed by atoms with Gasteiger partial charge in [0.15, 0.2) is 0 Å². The zero-order chi connectivity index (χ0) is 20.7. The molecule has 1 aliphatic heterocycles. The van der Waals surface area contributed by atoms with E-state index in [2.05, 4.69) is 12.2 Å². The van der Waals surface area contributed by atoms with E-state index < -0.39 is 0 Å². The van der Waals surface area contributed by atoms with Crippen LogP contribution in [0.15, 0.2) is 24.3 Å². The van der Waals surface area contributed by atoms with Crippen molar-refractivity contribution in [3.63, 3.8) is 0 Å². The Morgan fingerprint density at radius 2 is 1.10 bits per heavy atom. The number of amides is 2. The quantitative estimate of drug-likeness (QED) is 0.259. The molecule has 0 aromatic heterocycles. The first kappa shape index (κ1) is 23.6. The summed E-state index contributed by atoms with van der Waals surface area (Å²) in [6.45, 7) is 5.13. The van der Waals surface area contributed by atoms with Crippen LogP contribution >= 0.6 is 0 Å². The average molecular weight is 401 g/mol. The summed E-state index contributed by atoms with van der Waals surface area (Å²) in [5.41, 5.74) is 1.12. The van der Waals surface area contributed by atoms with Gasteiger partial charge in [-0.2, -0.15) is 0 Å². The van der Waals surface area contributed by atoms with Gasteiger partial charge >= 0.3 is 0 Å². The molecule has 2 rings (SSSR count). The van der Waals surface area contributed by atoms with Crippen molar-refractivity contribution in [3.05, 3.63) is 35.4 Å². The van der Waals surface area contributed by atoms with Gasteiger partial charge in [0.1, 0.15) is 0 Å². The first-order chi connectivity index (χ1) is 14.3. The molecule has 1 aliphatic rings. The van der Waals surface area contributed by atoms with Gasteiger partial charge in [-0.3, -0.25) is 14.5 Å². The average Bonchev–Trinajstić information content (AvgIpc) is 2.98. The molecule has 0 saturated carbocycles. The molecule has 29 heavy (non-hydrogen) atoms. The van der Waals surface area contributed by atoms with Gasteiger partial charge in [0, 0.05) is 6.54 Å². The van der Waals surface area contributed by atoms with Crippen molar-refractivity contribution in [2.45, 2.75) is 90.4 Å². The number of benzene rings is 1. The maximum absolute atomic E-state index is 12.3. The molecule has 1 N–H and O–H groups in total. The highest BCUT2D eigenvalue weighted by Gasteiger charge is 2.34. The van der Waals surface area contributed by atoms with Gasteiger partial charge in [-0.15, -0.1) is 0 Å². The van der Waals surface area contributed by atoms with E-state index in [9.17, 15) is 9.59 Å². The van der Waals surface area contributed by atoms with Crippen LogP contribution < -0.4 is 5.32 Å². The Bertz CT molecular complexity index is 580. The maximum atomic E-state index is 12.3. The third-order valence-corrected chi connectivity index (χ3v) is 5.82. The topological polar surface area (TPSA) is 49.4 Å². The summed E-state index contributed by atoms with van der Waals surface area (Å²) in [4.78, 5) is 26.0. The van der Waals surface area contributed by atoms with Gasteiger partial charge in [-0.05, 0) is 44.5 Å². The van der Waals surface area contributed by atoms with Crippen molar-refractivity contribution in [1.29, 1.82) is 0 Å². The summed E-state index contributed by atoms with van der Waals surface area (Å²) < 4.78 is 0. The van der Waals surface area contributed by atoms with Crippen LogP contribution in [-0.2, 0) is 0 Å². The zero-order valence-corrected chi connectivity index (χ0v) is 18.4. The Hall–Kier alpha value is -1.68. The number of fused-ring (bicyclic) bond motifs is 1. The van der Waals surface area contributed by atoms with Crippen molar-refractivity contribution in [1.82, 2.24) is 10.2 Å². The van der Waals surface area contributed by atoms with E-state index in [1.807, 2.05) is 12.1 Å². The van der Waals surface area contributed by atoms with Gasteiger partial charge in [0.2, 0.25) is 0 Å². The molecule has 1 aromatic rings. The summed E-state index contributed by atoms with van der Waals surface area (Å²) in [6.07, 6.45) is 16.5. The molecule has 0 bridgehead atoms. The van der Waals surface area contributed by atoms with Crippen LogP contribution in [0.1, 0.15) is 111 Å². The largest absolute Gasteiger partial charge is 0.317 e. The predicted molar refractivity (Wildman–Crippen MR) is 120 cm³/mol. The second kappa shape index (κ2) is 14.3. The van der Waals surface area contributed by atoms with Crippen LogP contribution in [0, 0.1) is 0 Å². The fourth-order valence-electron chi connectivity index (χ4n) is 4.00. The van der Waals surface area contributed by atoms with Crippen LogP contribution in [0.2, 0.25) is 0 Å². The molecule has 0 aliphatic carbocycles. The van der Waals surface area contributed by atoms with E-state index in [0.717, 1.165) is 19.4 Å². The smallest absolute Gasteiger partial charge is 0.261 e. The summed E-state index contributed by atoms with van der Waals surface area (Å²) in [7, 11) is 0. The van der Waals surface area contributed by atoms with Gasteiger partial charge in [-0.1, -0.05) is 83.3 Å². The molecule has 0 fully saturated rings. The lowest BCUT2D eigenvalue weighted by Crippen LogP contribution is -2.30. The van der Waals surface area contributed by atoms with Crippen molar-refractivity contribution >= 4 is 11.8 Å². The second-order valence-electron chi connectivity index (χ2n) is 8.30. The van der Waals surface area contributed by atoms with E-state index in [0.29, 0.717) is 17.7 Å². The summed E-state index contributed by atoms with van der Waals surface area (Å²) >= 11 is 0. The molecular weight excluding hydrogens is 360 g/mol. The predicted octanol–water partition coefficient (Wildman–Crippen LogP) is 5.96. The summed E-state index contributed by atoms with van der Waals surface area (Å²) in [5.74, 6) is -0.252. The standard InChI is InChI=1S/C25H40N2O2/c1-2-3-4-5-9-14-19-26-20-15-10-7-6-8-11-16-21-27-24(28)22-17-12-13-18-23(22)25(27)29/h12-13,17-18,26H,2-11,14-16,19-21H2,1H3. The number of nitrogens with one attached hydrogen (secondary N) is 1. The molecule has 1 aromatic carbocycles. The molecule has 0 spiro atoms. The lowest BCUT2D eigenvalue weighted by molar-refractivity contribution is 0.0651. The number of unbranched alkanes of at least 4 members (excludes halogenated alkanes) is 11. The van der Waals surface area contributed by atoms with Crippen molar-refractivity contribution in [2.75, 3.05) is 19.6 Å². The van der Waals surface area contributed by atoms with Crippen LogP contribution in [0.4, 0.5) is 0 Å². The molecule has 4 nitrogen and oxygen atoms in total. The third kappa shape index (κ3) is 8.30. The highest BCUT2D eigenvalue weighted by atomic mass is 16.2. The van der Waals surface area contributed by atoms with Crippen molar-refractivity contribution in [2.24, 2.45) is 0 Å². The van der Waals surface area contributed by atoms with E-state index in [1.54, 1.807) is 12.1 Å². The fourth-order valence-corrected chi connectivity index (χ4v) is 4.00. The number of carbonyl (C=O) groups excluding carboxylic acids is 2. The minimum atomic E-state index is -0.126. The van der Waals surface area contributed by atoms with E-state index in [4.69, 9.17) is 0 Å². The minimum Gasteiger partial charge on any atom is -0.317 e. The number of carbonyl (C=O) groups is 2. The first-order valence-corrected chi connectivity index (χ1v) is 11.9. The second-order valence-corrected chi connectivity index (χ2v) is 8.30. The lowest BCUT2D eigenvalue weighted by Gasteiger charge is -2.13. The summed E-state index contributed by atoms with van der Waals surface area (Å²) in [5, 5.41) is 3.57. The molecule has 1 heterocycles. The molecule has 0 radical (unpaired) electrons. The zero-order valence-electron chi connectivity index (χ0n) is 18.4. The highest BCUT2D eigenvalue weighted by Crippen LogP contribution is 2.22. The lowest BCUT2D eigenvalue weighted by atomic mass is 10.1. The highest BCUT2D eigenvalue weighted by molar-refractivity contribution is 6.21. The van der Waals surface area contributed by atoms with Gasteiger partial charge in [0.05, 0.1) is 11.1 Å². The molecule has 0 atom stereocenters. The van der Waals surface area contributed by atoms with E-state index in [-0.39, 0.29) is 11.8 Å². The van der Waals surface area contributed by atoms with E-state index >= 15 is 0 Å². The SMILES string of the molecule is CCCCCCCCNCCCCCCCCCN1C(=O)c2ccccc2C1=O. The summed E-state index contributed by atoms with van der Waals surface area (Å²) in [6, 6.07) is 7.13. The van der Waals surface area contributed by atoms with Gasteiger partial charge in [-0.25, -0.2) is 0 Å². The van der Waals surface area contributed by atoms with E-state index in [1.165, 1.54) is 82.1 Å². The Morgan fingerprint density at radius 3 is 1.62 bits per heavy atom. The number of nitrogens with zero attached hydrogens (tertiary/aromatic N) is 1. The third-order valence-electron chi connectivity index (χ3n) is 5.82. The fraction of sp³-hybridized carbons (Fsp3) is 0.680. The van der Waals surface area contributed by atoms with Crippen LogP contribution in [-0.4, -0.2) is 36.3 Å².